The smallest absolute Gasteiger partial charge is 0.321 e. The lowest BCUT2D eigenvalue weighted by atomic mass is 10.2. The summed E-state index contributed by atoms with van der Waals surface area (Å²) in [7, 11) is -2.54. The molecule has 0 amide bonds. The Hall–Kier alpha value is -1.90. The molecule has 0 heterocycles. The van der Waals surface area contributed by atoms with Crippen LogP contribution in [0, 0.1) is 0 Å². The molecule has 2 rings (SSSR count). The Kier molecular flexibility index (Phi) is 6.36. The van der Waals surface area contributed by atoms with E-state index in [1.54, 1.807) is 6.07 Å². The van der Waals surface area contributed by atoms with E-state index in [2.05, 4.69) is 20.7 Å². The van der Waals surface area contributed by atoms with E-state index in [9.17, 15) is 13.2 Å². The molecule has 0 aliphatic carbocycles. The van der Waals surface area contributed by atoms with Gasteiger partial charge in [-0.15, -0.1) is 0 Å². The summed E-state index contributed by atoms with van der Waals surface area (Å²) in [5.74, 6) is -0.486. The standard InChI is InChI=1S/C16H16BrNO5S/c1-22-14-8-7-13(17)9-15(14)24(20,21)18-10-16(19)23-11-12-5-3-2-4-6-12/h2-9,18H,10-11H2,1H3. The van der Waals surface area contributed by atoms with Gasteiger partial charge in [0.1, 0.15) is 23.8 Å². The van der Waals surface area contributed by atoms with Crippen molar-refractivity contribution in [3.8, 4) is 5.75 Å². The predicted octanol–water partition coefficient (Wildman–Crippen LogP) is 2.48. The van der Waals surface area contributed by atoms with Crippen molar-refractivity contribution < 1.29 is 22.7 Å². The Bertz CT molecular complexity index is 808. The van der Waals surface area contributed by atoms with Crippen molar-refractivity contribution in [1.29, 1.82) is 0 Å². The molecule has 128 valence electrons. The molecule has 0 spiro atoms. The van der Waals surface area contributed by atoms with Crippen molar-refractivity contribution >= 4 is 31.9 Å². The Morgan fingerprint density at radius 3 is 2.54 bits per heavy atom. The third-order valence-corrected chi connectivity index (χ3v) is 4.98. The number of hydrogen-bond donors (Lipinski definition) is 1. The molecule has 0 saturated carbocycles. The predicted molar refractivity (Wildman–Crippen MR) is 92.1 cm³/mol. The van der Waals surface area contributed by atoms with Crippen LogP contribution in [-0.2, 0) is 26.2 Å². The third-order valence-electron chi connectivity index (χ3n) is 3.06. The highest BCUT2D eigenvalue weighted by Gasteiger charge is 2.21. The van der Waals surface area contributed by atoms with Crippen LogP contribution < -0.4 is 9.46 Å². The molecule has 2 aromatic rings. The number of hydrogen-bond acceptors (Lipinski definition) is 5. The lowest BCUT2D eigenvalue weighted by Gasteiger charge is -2.11. The van der Waals surface area contributed by atoms with Gasteiger partial charge < -0.3 is 9.47 Å². The molecule has 0 bridgehead atoms. The molecule has 1 N–H and O–H groups in total. The molecule has 8 heteroatoms. The molecule has 0 aromatic heterocycles. The SMILES string of the molecule is COc1ccc(Br)cc1S(=O)(=O)NCC(=O)OCc1ccccc1. The number of carbonyl (C=O) groups excluding carboxylic acids is 1. The largest absolute Gasteiger partial charge is 0.495 e. The van der Waals surface area contributed by atoms with Gasteiger partial charge in [0.15, 0.2) is 0 Å². The van der Waals surface area contributed by atoms with Gasteiger partial charge in [0.05, 0.1) is 7.11 Å². The fourth-order valence-corrected chi connectivity index (χ4v) is 3.56. The molecule has 0 aliphatic rings. The van der Waals surface area contributed by atoms with E-state index in [4.69, 9.17) is 9.47 Å². The van der Waals surface area contributed by atoms with Crippen molar-refractivity contribution in [2.45, 2.75) is 11.5 Å². The van der Waals surface area contributed by atoms with Crippen LogP contribution in [-0.4, -0.2) is 28.0 Å². The van der Waals surface area contributed by atoms with Crippen LogP contribution in [0.1, 0.15) is 5.56 Å². The van der Waals surface area contributed by atoms with E-state index in [-0.39, 0.29) is 17.3 Å². The average Bonchev–Trinajstić information content (AvgIpc) is 2.59. The zero-order valence-corrected chi connectivity index (χ0v) is 15.3. The van der Waals surface area contributed by atoms with E-state index in [1.807, 2.05) is 30.3 Å². The van der Waals surface area contributed by atoms with Crippen LogP contribution in [0.3, 0.4) is 0 Å². The zero-order valence-electron chi connectivity index (χ0n) is 12.9. The fraction of sp³-hybridized carbons (Fsp3) is 0.188. The van der Waals surface area contributed by atoms with E-state index in [1.165, 1.54) is 19.2 Å². The van der Waals surface area contributed by atoms with Crippen molar-refractivity contribution in [2.75, 3.05) is 13.7 Å². The quantitative estimate of drug-likeness (QED) is 0.705. The topological polar surface area (TPSA) is 81.7 Å². The van der Waals surface area contributed by atoms with Gasteiger partial charge >= 0.3 is 5.97 Å². The summed E-state index contributed by atoms with van der Waals surface area (Å²) in [4.78, 5) is 11.7. The third kappa shape index (κ3) is 5.05. The Labute approximate surface area is 149 Å². The number of methoxy groups -OCH3 is 1. The van der Waals surface area contributed by atoms with E-state index in [0.29, 0.717) is 4.47 Å². The first-order valence-electron chi connectivity index (χ1n) is 6.95. The normalized spacial score (nSPS) is 11.1. The Morgan fingerprint density at radius 2 is 1.88 bits per heavy atom. The van der Waals surface area contributed by atoms with E-state index in [0.717, 1.165) is 5.56 Å². The lowest BCUT2D eigenvalue weighted by molar-refractivity contribution is -0.143. The van der Waals surface area contributed by atoms with Gasteiger partial charge in [-0.2, -0.15) is 4.72 Å². The number of carbonyl (C=O) groups is 1. The summed E-state index contributed by atoms with van der Waals surface area (Å²) in [6.07, 6.45) is 0. The monoisotopic (exact) mass is 413 g/mol. The minimum absolute atomic E-state index is 0.0600. The molecule has 24 heavy (non-hydrogen) atoms. The summed E-state index contributed by atoms with van der Waals surface area (Å²) in [5, 5.41) is 0. The molecule has 0 fully saturated rings. The number of nitrogens with one attached hydrogen (secondary N) is 1. The van der Waals surface area contributed by atoms with Gasteiger partial charge in [0.2, 0.25) is 10.0 Å². The van der Waals surface area contributed by atoms with Crippen LogP contribution in [0.2, 0.25) is 0 Å². The molecule has 0 aliphatic heterocycles. The minimum atomic E-state index is -3.91. The summed E-state index contributed by atoms with van der Waals surface area (Å²) in [6.45, 7) is -0.382. The van der Waals surface area contributed by atoms with Gasteiger partial charge in [0, 0.05) is 4.47 Å². The molecule has 0 unspecified atom stereocenters. The Morgan fingerprint density at radius 1 is 1.17 bits per heavy atom. The molecule has 2 aromatic carbocycles. The summed E-state index contributed by atoms with van der Waals surface area (Å²) in [6, 6.07) is 13.7. The first kappa shape index (κ1) is 18.4. The van der Waals surface area contributed by atoms with Crippen LogP contribution in [0.5, 0.6) is 5.75 Å². The highest BCUT2D eigenvalue weighted by Crippen LogP contribution is 2.26. The number of rotatable bonds is 7. The fourth-order valence-electron chi connectivity index (χ4n) is 1.88. The van der Waals surface area contributed by atoms with Gasteiger partial charge in [-0.05, 0) is 23.8 Å². The second kappa shape index (κ2) is 8.27. The summed E-state index contributed by atoms with van der Waals surface area (Å²) >= 11 is 3.21. The average molecular weight is 414 g/mol. The van der Waals surface area contributed by atoms with Gasteiger partial charge in [-0.25, -0.2) is 8.42 Å². The number of sulfonamides is 1. The number of benzene rings is 2. The van der Waals surface area contributed by atoms with Gasteiger partial charge in [-0.1, -0.05) is 46.3 Å². The van der Waals surface area contributed by atoms with Crippen molar-refractivity contribution in [2.24, 2.45) is 0 Å². The van der Waals surface area contributed by atoms with Gasteiger partial charge in [0.25, 0.3) is 0 Å². The lowest BCUT2D eigenvalue weighted by Crippen LogP contribution is -2.31. The maximum Gasteiger partial charge on any atom is 0.321 e. The van der Waals surface area contributed by atoms with E-state index < -0.39 is 22.5 Å². The van der Waals surface area contributed by atoms with Gasteiger partial charge in [-0.3, -0.25) is 4.79 Å². The van der Waals surface area contributed by atoms with Crippen LogP contribution in [0.25, 0.3) is 0 Å². The second-order valence-corrected chi connectivity index (χ2v) is 7.42. The highest BCUT2D eigenvalue weighted by molar-refractivity contribution is 9.10. The molecular weight excluding hydrogens is 398 g/mol. The molecule has 0 saturated heterocycles. The zero-order chi connectivity index (χ0) is 17.6. The first-order chi connectivity index (χ1) is 11.4. The minimum Gasteiger partial charge on any atom is -0.495 e. The van der Waals surface area contributed by atoms with Crippen molar-refractivity contribution in [3.05, 3.63) is 58.6 Å². The summed E-state index contributed by atoms with van der Waals surface area (Å²) < 4.78 is 37.5. The maximum absolute atomic E-state index is 12.3. The van der Waals surface area contributed by atoms with Crippen LogP contribution in [0.4, 0.5) is 0 Å². The molecule has 0 radical (unpaired) electrons. The number of halogens is 1. The molecule has 0 atom stereocenters. The molecular formula is C16H16BrNO5S. The second-order valence-electron chi connectivity index (χ2n) is 4.77. The molecule has 6 nitrogen and oxygen atoms in total. The van der Waals surface area contributed by atoms with Crippen LogP contribution in [0.15, 0.2) is 57.9 Å². The maximum atomic E-state index is 12.3. The highest BCUT2D eigenvalue weighted by atomic mass is 79.9. The summed E-state index contributed by atoms with van der Waals surface area (Å²) in [5.41, 5.74) is 0.822. The van der Waals surface area contributed by atoms with Crippen LogP contribution >= 0.6 is 15.9 Å². The first-order valence-corrected chi connectivity index (χ1v) is 9.23. The van der Waals surface area contributed by atoms with Crippen molar-refractivity contribution in [1.82, 2.24) is 4.72 Å². The van der Waals surface area contributed by atoms with E-state index >= 15 is 0 Å². The van der Waals surface area contributed by atoms with Crippen molar-refractivity contribution in [3.63, 3.8) is 0 Å². The number of ether oxygens (including phenoxy) is 2. The Balaban J connectivity index is 1.97. The number of esters is 1.